The summed E-state index contributed by atoms with van der Waals surface area (Å²) < 4.78 is 0. The fourth-order valence-electron chi connectivity index (χ4n) is 1.78. The maximum absolute atomic E-state index is 3.64. The Bertz CT molecular complexity index is 305. The molecule has 0 heterocycles. The highest BCUT2D eigenvalue weighted by Crippen LogP contribution is 2.30. The first-order valence-electron chi connectivity index (χ1n) is 6.05. The van der Waals surface area contributed by atoms with E-state index in [0.29, 0.717) is 11.3 Å². The Balaban J connectivity index is 2.64. The minimum atomic E-state index is 0.436. The normalized spacial score (nSPS) is 13.8. The van der Waals surface area contributed by atoms with Crippen molar-refractivity contribution in [1.29, 1.82) is 0 Å². The van der Waals surface area contributed by atoms with Gasteiger partial charge in [-0.05, 0) is 36.7 Å². The molecule has 0 saturated carbocycles. The van der Waals surface area contributed by atoms with E-state index in [1.165, 1.54) is 24.0 Å². The highest BCUT2D eigenvalue weighted by molar-refractivity contribution is 9.09. The van der Waals surface area contributed by atoms with E-state index in [1.54, 1.807) is 0 Å². The third kappa shape index (κ3) is 4.69. The molecule has 1 rings (SSSR count). The second-order valence-corrected chi connectivity index (χ2v) is 6.51. The molecule has 0 saturated heterocycles. The van der Waals surface area contributed by atoms with Gasteiger partial charge in [0.2, 0.25) is 0 Å². The topological polar surface area (TPSA) is 0 Å². The summed E-state index contributed by atoms with van der Waals surface area (Å²) in [6, 6.07) is 8.96. The van der Waals surface area contributed by atoms with Crippen LogP contribution in [0.3, 0.4) is 0 Å². The van der Waals surface area contributed by atoms with E-state index >= 15 is 0 Å². The summed E-state index contributed by atoms with van der Waals surface area (Å²) in [7, 11) is 0. The lowest BCUT2D eigenvalue weighted by atomic mass is 9.85. The van der Waals surface area contributed by atoms with Gasteiger partial charge in [0, 0.05) is 5.33 Å². The van der Waals surface area contributed by atoms with Crippen LogP contribution in [0.25, 0.3) is 0 Å². The Morgan fingerprint density at radius 2 is 1.69 bits per heavy atom. The van der Waals surface area contributed by atoms with Gasteiger partial charge in [-0.15, -0.1) is 0 Å². The van der Waals surface area contributed by atoms with Crippen molar-refractivity contribution in [3.63, 3.8) is 0 Å². The molecule has 0 N–H and O–H groups in total. The summed E-state index contributed by atoms with van der Waals surface area (Å²) >= 11 is 3.64. The lowest BCUT2D eigenvalue weighted by molar-refractivity contribution is 0.354. The van der Waals surface area contributed by atoms with Gasteiger partial charge in [-0.25, -0.2) is 0 Å². The van der Waals surface area contributed by atoms with Gasteiger partial charge in [-0.2, -0.15) is 0 Å². The van der Waals surface area contributed by atoms with E-state index in [1.807, 2.05) is 0 Å². The number of aryl methyl sites for hydroxylation is 1. The van der Waals surface area contributed by atoms with Crippen molar-refractivity contribution in [2.75, 3.05) is 5.33 Å². The lowest BCUT2D eigenvalue weighted by Gasteiger charge is -2.22. The number of hydrogen-bond acceptors (Lipinski definition) is 0. The summed E-state index contributed by atoms with van der Waals surface area (Å²) in [5.41, 5.74) is 3.24. The monoisotopic (exact) mass is 282 g/mol. The van der Waals surface area contributed by atoms with Gasteiger partial charge in [0.05, 0.1) is 0 Å². The van der Waals surface area contributed by atoms with E-state index in [9.17, 15) is 0 Å². The first-order valence-corrected chi connectivity index (χ1v) is 7.17. The summed E-state index contributed by atoms with van der Waals surface area (Å²) in [5.74, 6) is 0.653. The smallest absolute Gasteiger partial charge is 0.0100 e. The minimum absolute atomic E-state index is 0.436. The standard InChI is InChI=1S/C15H23Br/c1-12-5-7-13(8-6-12)14(11-16)9-10-15(2,3)4/h5-8,14H,9-11H2,1-4H3. The average molecular weight is 283 g/mol. The van der Waals surface area contributed by atoms with Crippen LogP contribution in [0.1, 0.15) is 50.7 Å². The Morgan fingerprint density at radius 1 is 1.12 bits per heavy atom. The van der Waals surface area contributed by atoms with Crippen LogP contribution in [0.5, 0.6) is 0 Å². The molecule has 0 bridgehead atoms. The van der Waals surface area contributed by atoms with Gasteiger partial charge in [0.25, 0.3) is 0 Å². The van der Waals surface area contributed by atoms with Gasteiger partial charge in [-0.1, -0.05) is 66.5 Å². The van der Waals surface area contributed by atoms with Crippen molar-refractivity contribution in [2.45, 2.75) is 46.5 Å². The zero-order valence-electron chi connectivity index (χ0n) is 10.9. The van der Waals surface area contributed by atoms with Crippen molar-refractivity contribution >= 4 is 15.9 Å². The number of alkyl halides is 1. The van der Waals surface area contributed by atoms with E-state index < -0.39 is 0 Å². The molecule has 0 aromatic heterocycles. The molecule has 90 valence electrons. The number of rotatable bonds is 4. The van der Waals surface area contributed by atoms with Crippen LogP contribution in [0.15, 0.2) is 24.3 Å². The number of hydrogen-bond donors (Lipinski definition) is 0. The van der Waals surface area contributed by atoms with Crippen LogP contribution in [-0.2, 0) is 0 Å². The lowest BCUT2D eigenvalue weighted by Crippen LogP contribution is -2.09. The molecule has 0 amide bonds. The Labute approximate surface area is 109 Å². The van der Waals surface area contributed by atoms with E-state index in [2.05, 4.69) is 67.9 Å². The van der Waals surface area contributed by atoms with Crippen molar-refractivity contribution in [1.82, 2.24) is 0 Å². The number of halogens is 1. The number of benzene rings is 1. The molecule has 0 aliphatic carbocycles. The third-order valence-corrected chi connectivity index (χ3v) is 3.76. The Morgan fingerprint density at radius 3 is 2.12 bits per heavy atom. The summed E-state index contributed by atoms with van der Waals surface area (Å²) in [5, 5.41) is 1.06. The molecule has 1 unspecified atom stereocenters. The molecule has 0 aliphatic heterocycles. The SMILES string of the molecule is Cc1ccc(C(CBr)CCC(C)(C)C)cc1. The molecular weight excluding hydrogens is 260 g/mol. The van der Waals surface area contributed by atoms with Crippen LogP contribution in [0, 0.1) is 12.3 Å². The van der Waals surface area contributed by atoms with Crippen molar-refractivity contribution < 1.29 is 0 Å². The first kappa shape index (κ1) is 13.8. The minimum Gasteiger partial charge on any atom is -0.0921 e. The van der Waals surface area contributed by atoms with Crippen LogP contribution >= 0.6 is 15.9 Å². The average Bonchev–Trinajstić information content (AvgIpc) is 2.20. The third-order valence-electron chi connectivity index (χ3n) is 2.98. The second-order valence-electron chi connectivity index (χ2n) is 5.86. The van der Waals surface area contributed by atoms with Crippen LogP contribution in [0.4, 0.5) is 0 Å². The predicted octanol–water partition coefficient (Wildman–Crippen LogP) is 5.30. The van der Waals surface area contributed by atoms with Crippen LogP contribution in [-0.4, -0.2) is 5.33 Å². The van der Waals surface area contributed by atoms with Crippen molar-refractivity contribution in [3.05, 3.63) is 35.4 Å². The molecule has 16 heavy (non-hydrogen) atoms. The largest absolute Gasteiger partial charge is 0.0921 e. The molecule has 0 radical (unpaired) electrons. The van der Waals surface area contributed by atoms with Crippen molar-refractivity contribution in [2.24, 2.45) is 5.41 Å². The predicted molar refractivity (Wildman–Crippen MR) is 76.4 cm³/mol. The molecule has 1 aromatic carbocycles. The van der Waals surface area contributed by atoms with Crippen molar-refractivity contribution in [3.8, 4) is 0 Å². The molecule has 1 heteroatoms. The molecule has 0 fully saturated rings. The summed E-state index contributed by atoms with van der Waals surface area (Å²) in [4.78, 5) is 0. The second kappa shape index (κ2) is 5.86. The molecule has 1 aromatic rings. The van der Waals surface area contributed by atoms with Gasteiger partial charge >= 0.3 is 0 Å². The fraction of sp³-hybridized carbons (Fsp3) is 0.600. The molecule has 0 aliphatic rings. The quantitative estimate of drug-likeness (QED) is 0.658. The molecule has 1 atom stereocenters. The Kier molecular flexibility index (Phi) is 5.04. The van der Waals surface area contributed by atoms with Gasteiger partial charge < -0.3 is 0 Å². The van der Waals surface area contributed by atoms with Gasteiger partial charge in [0.1, 0.15) is 0 Å². The van der Waals surface area contributed by atoms with Crippen LogP contribution < -0.4 is 0 Å². The fourth-order valence-corrected chi connectivity index (χ4v) is 2.48. The zero-order valence-corrected chi connectivity index (χ0v) is 12.5. The highest BCUT2D eigenvalue weighted by Gasteiger charge is 2.15. The Hall–Kier alpha value is -0.300. The maximum atomic E-state index is 3.64. The molecule has 0 nitrogen and oxygen atoms in total. The zero-order chi connectivity index (χ0) is 12.2. The van der Waals surface area contributed by atoms with E-state index in [4.69, 9.17) is 0 Å². The highest BCUT2D eigenvalue weighted by atomic mass is 79.9. The van der Waals surface area contributed by atoms with Gasteiger partial charge in [0.15, 0.2) is 0 Å². The molecule has 0 spiro atoms. The van der Waals surface area contributed by atoms with Crippen LogP contribution in [0.2, 0.25) is 0 Å². The van der Waals surface area contributed by atoms with E-state index in [-0.39, 0.29) is 0 Å². The first-order chi connectivity index (χ1) is 7.42. The van der Waals surface area contributed by atoms with Gasteiger partial charge in [-0.3, -0.25) is 0 Å². The summed E-state index contributed by atoms with van der Waals surface area (Å²) in [6.07, 6.45) is 2.54. The summed E-state index contributed by atoms with van der Waals surface area (Å²) in [6.45, 7) is 9.08. The maximum Gasteiger partial charge on any atom is 0.0100 e. The molecular formula is C15H23Br. The van der Waals surface area contributed by atoms with E-state index in [0.717, 1.165) is 5.33 Å².